The van der Waals surface area contributed by atoms with Crippen molar-refractivity contribution in [3.05, 3.63) is 59.1 Å². The maximum Gasteiger partial charge on any atom is 0.194 e. The van der Waals surface area contributed by atoms with Crippen molar-refractivity contribution in [3.63, 3.8) is 0 Å². The third kappa shape index (κ3) is 5.13. The van der Waals surface area contributed by atoms with Gasteiger partial charge in [0.1, 0.15) is 18.1 Å². The Kier molecular flexibility index (Phi) is 5.88. The Morgan fingerprint density at radius 2 is 1.57 bits per heavy atom. The molecule has 2 aromatic rings. The second-order valence-corrected chi connectivity index (χ2v) is 6.12. The molecule has 0 aromatic heterocycles. The van der Waals surface area contributed by atoms with Crippen molar-refractivity contribution in [2.45, 2.75) is 32.3 Å². The highest BCUT2D eigenvalue weighted by molar-refractivity contribution is 6.30. The molecule has 0 saturated carbocycles. The number of hydrogen-bond acceptors (Lipinski definition) is 4. The van der Waals surface area contributed by atoms with Gasteiger partial charge >= 0.3 is 0 Å². The molecule has 0 heterocycles. The van der Waals surface area contributed by atoms with E-state index in [-0.39, 0.29) is 0 Å². The highest BCUT2D eigenvalue weighted by Gasteiger charge is 2.30. The second-order valence-electron chi connectivity index (χ2n) is 5.68. The van der Waals surface area contributed by atoms with Crippen LogP contribution >= 0.6 is 11.6 Å². The van der Waals surface area contributed by atoms with E-state index in [2.05, 4.69) is 0 Å². The van der Waals surface area contributed by atoms with Gasteiger partial charge in [0.25, 0.3) is 0 Å². The molecule has 2 aromatic carbocycles. The van der Waals surface area contributed by atoms with Crippen LogP contribution in [-0.4, -0.2) is 24.1 Å². The van der Waals surface area contributed by atoms with Crippen LogP contribution in [0.5, 0.6) is 11.5 Å². The van der Waals surface area contributed by atoms with Gasteiger partial charge in [0, 0.05) is 12.1 Å². The van der Waals surface area contributed by atoms with Crippen LogP contribution in [0.3, 0.4) is 0 Å². The summed E-state index contributed by atoms with van der Waals surface area (Å²) >= 11 is 5.85. The Labute approximate surface area is 141 Å². The van der Waals surface area contributed by atoms with E-state index in [1.807, 2.05) is 36.4 Å². The van der Waals surface area contributed by atoms with E-state index < -0.39 is 11.9 Å². The fourth-order valence-corrected chi connectivity index (χ4v) is 2.12. The number of hydrogen-bond donors (Lipinski definition) is 1. The molecule has 0 aliphatic rings. The van der Waals surface area contributed by atoms with Crippen LogP contribution in [-0.2, 0) is 11.3 Å². The lowest BCUT2D eigenvalue weighted by Gasteiger charge is -2.30. The van der Waals surface area contributed by atoms with E-state index in [1.54, 1.807) is 26.0 Å². The number of aliphatic hydroxyl groups excluding tert-OH is 1. The van der Waals surface area contributed by atoms with Crippen molar-refractivity contribution >= 4 is 11.6 Å². The molecule has 0 fully saturated rings. The number of halogens is 1. The fraction of sp³-hybridized carbons (Fsp3) is 0.333. The number of aliphatic hydroxyl groups is 1. The maximum absolute atomic E-state index is 9.75. The quantitative estimate of drug-likeness (QED) is 0.775. The molecule has 4 nitrogen and oxygen atoms in total. The molecule has 0 radical (unpaired) electrons. The molecular weight excluding hydrogens is 316 g/mol. The van der Waals surface area contributed by atoms with Crippen molar-refractivity contribution in [3.8, 4) is 11.5 Å². The van der Waals surface area contributed by atoms with Crippen LogP contribution in [0.1, 0.15) is 19.4 Å². The van der Waals surface area contributed by atoms with Gasteiger partial charge < -0.3 is 19.3 Å². The van der Waals surface area contributed by atoms with Crippen molar-refractivity contribution < 1.29 is 19.3 Å². The van der Waals surface area contributed by atoms with E-state index in [1.165, 1.54) is 7.11 Å². The summed E-state index contributed by atoms with van der Waals surface area (Å²) in [6.45, 7) is 3.98. The number of ether oxygens (including phenoxy) is 3. The number of rotatable bonds is 7. The lowest BCUT2D eigenvalue weighted by molar-refractivity contribution is -0.173. The summed E-state index contributed by atoms with van der Waals surface area (Å²) in [5.74, 6) is 1.36. The van der Waals surface area contributed by atoms with Crippen molar-refractivity contribution in [1.29, 1.82) is 0 Å². The van der Waals surface area contributed by atoms with Crippen LogP contribution in [0.25, 0.3) is 0 Å². The molecule has 23 heavy (non-hydrogen) atoms. The van der Waals surface area contributed by atoms with E-state index >= 15 is 0 Å². The Balaban J connectivity index is 1.93. The van der Waals surface area contributed by atoms with Crippen molar-refractivity contribution in [2.24, 2.45) is 0 Å². The van der Waals surface area contributed by atoms with Crippen LogP contribution in [0, 0.1) is 0 Å². The summed E-state index contributed by atoms with van der Waals surface area (Å²) in [6.07, 6.45) is -1.01. The Hall–Kier alpha value is -1.75. The standard InChI is InChI=1S/C18H21ClO4/c1-18(2,17(20)21-3)23-16-10-8-15(9-11-16)22-12-13-4-6-14(19)7-5-13/h4-11,17,20H,12H2,1-3H3. The maximum atomic E-state index is 9.75. The molecule has 0 amide bonds. The van der Waals surface area contributed by atoms with Gasteiger partial charge in [0.2, 0.25) is 0 Å². The summed E-state index contributed by atoms with van der Waals surface area (Å²) in [5, 5.41) is 10.5. The number of methoxy groups -OCH3 is 1. The van der Waals surface area contributed by atoms with Crippen molar-refractivity contribution in [1.82, 2.24) is 0 Å². The SMILES string of the molecule is COC(O)C(C)(C)Oc1ccc(OCc2ccc(Cl)cc2)cc1. The van der Waals surface area contributed by atoms with Gasteiger partial charge in [0.05, 0.1) is 0 Å². The van der Waals surface area contributed by atoms with E-state index in [9.17, 15) is 5.11 Å². The van der Waals surface area contributed by atoms with Gasteiger partial charge in [-0.15, -0.1) is 0 Å². The first-order chi connectivity index (χ1) is 10.9. The van der Waals surface area contributed by atoms with E-state index in [4.69, 9.17) is 25.8 Å². The Morgan fingerprint density at radius 3 is 2.13 bits per heavy atom. The zero-order chi connectivity index (χ0) is 16.9. The predicted octanol–water partition coefficient (Wildman–Crippen LogP) is 4.04. The predicted molar refractivity (Wildman–Crippen MR) is 89.9 cm³/mol. The first kappa shape index (κ1) is 17.6. The molecule has 5 heteroatoms. The van der Waals surface area contributed by atoms with Crippen LogP contribution in [0.2, 0.25) is 5.02 Å². The zero-order valence-corrected chi connectivity index (χ0v) is 14.2. The highest BCUT2D eigenvalue weighted by atomic mass is 35.5. The lowest BCUT2D eigenvalue weighted by atomic mass is 10.1. The lowest BCUT2D eigenvalue weighted by Crippen LogP contribution is -2.43. The fourth-order valence-electron chi connectivity index (χ4n) is 1.99. The van der Waals surface area contributed by atoms with Gasteiger partial charge in [-0.25, -0.2) is 0 Å². The minimum Gasteiger partial charge on any atom is -0.489 e. The van der Waals surface area contributed by atoms with E-state index in [0.29, 0.717) is 17.4 Å². The molecule has 1 atom stereocenters. The second kappa shape index (κ2) is 7.68. The summed E-state index contributed by atoms with van der Waals surface area (Å²) in [7, 11) is 1.43. The molecule has 0 saturated heterocycles. The molecule has 1 N–H and O–H groups in total. The third-order valence-corrected chi connectivity index (χ3v) is 3.59. The Bertz CT molecular complexity index is 608. The normalized spacial score (nSPS) is 12.7. The number of benzene rings is 2. The smallest absolute Gasteiger partial charge is 0.194 e. The van der Waals surface area contributed by atoms with Crippen molar-refractivity contribution in [2.75, 3.05) is 7.11 Å². The van der Waals surface area contributed by atoms with Gasteiger partial charge in [-0.05, 0) is 55.8 Å². The van der Waals surface area contributed by atoms with Crippen LogP contribution in [0.4, 0.5) is 0 Å². The first-order valence-corrected chi connectivity index (χ1v) is 7.66. The van der Waals surface area contributed by atoms with Gasteiger partial charge in [0.15, 0.2) is 11.9 Å². The summed E-state index contributed by atoms with van der Waals surface area (Å²) in [5.41, 5.74) is 0.194. The molecule has 1 unspecified atom stereocenters. The molecule has 0 spiro atoms. The Morgan fingerprint density at radius 1 is 1.00 bits per heavy atom. The van der Waals surface area contributed by atoms with Gasteiger partial charge in [-0.3, -0.25) is 0 Å². The summed E-state index contributed by atoms with van der Waals surface area (Å²) in [6, 6.07) is 14.7. The largest absolute Gasteiger partial charge is 0.489 e. The molecule has 0 bridgehead atoms. The average Bonchev–Trinajstić information content (AvgIpc) is 2.54. The molecule has 124 valence electrons. The zero-order valence-electron chi connectivity index (χ0n) is 13.5. The first-order valence-electron chi connectivity index (χ1n) is 7.28. The summed E-state index contributed by atoms with van der Waals surface area (Å²) < 4.78 is 16.4. The molecular formula is C18H21ClO4. The molecule has 2 rings (SSSR count). The van der Waals surface area contributed by atoms with Crippen LogP contribution < -0.4 is 9.47 Å². The van der Waals surface area contributed by atoms with E-state index in [0.717, 1.165) is 11.3 Å². The summed E-state index contributed by atoms with van der Waals surface area (Å²) in [4.78, 5) is 0. The van der Waals surface area contributed by atoms with Crippen LogP contribution in [0.15, 0.2) is 48.5 Å². The molecule has 0 aliphatic heterocycles. The molecule has 0 aliphatic carbocycles. The topological polar surface area (TPSA) is 47.9 Å². The highest BCUT2D eigenvalue weighted by Crippen LogP contribution is 2.24. The van der Waals surface area contributed by atoms with Gasteiger partial charge in [-0.1, -0.05) is 23.7 Å². The monoisotopic (exact) mass is 336 g/mol. The average molecular weight is 337 g/mol. The minimum atomic E-state index is -1.01. The minimum absolute atomic E-state index is 0.464. The third-order valence-electron chi connectivity index (χ3n) is 3.34. The van der Waals surface area contributed by atoms with Gasteiger partial charge in [-0.2, -0.15) is 0 Å².